The first-order chi connectivity index (χ1) is 10.2. The molecular weight excluding hydrogens is 288 g/mol. The van der Waals surface area contributed by atoms with Crippen molar-refractivity contribution in [3.8, 4) is 0 Å². The molecular formula is C14H16N4O2S. The Bertz CT molecular complexity index is 718. The van der Waals surface area contributed by atoms with Crippen LogP contribution in [0.15, 0.2) is 22.3 Å². The van der Waals surface area contributed by atoms with Crippen molar-refractivity contribution >= 4 is 22.4 Å². The van der Waals surface area contributed by atoms with Crippen molar-refractivity contribution < 1.29 is 4.79 Å². The first-order valence-corrected chi connectivity index (χ1v) is 7.90. The maximum absolute atomic E-state index is 12.2. The standard InChI is InChI=1S/C14H16N4O2S/c1-2-7-18-12(19)6-5-10(17-18)13(20)16-14-15-11(8-21-14)9-3-4-9/h5-6,8-9H,2-4,7H2,1H3,(H,15,16,20). The third-order valence-corrected chi connectivity index (χ3v) is 4.05. The van der Waals surface area contributed by atoms with Gasteiger partial charge in [-0.05, 0) is 25.3 Å². The van der Waals surface area contributed by atoms with Gasteiger partial charge in [-0.3, -0.25) is 14.9 Å². The van der Waals surface area contributed by atoms with E-state index < -0.39 is 0 Å². The fraction of sp³-hybridized carbons (Fsp3) is 0.429. The average molecular weight is 304 g/mol. The highest BCUT2D eigenvalue weighted by Crippen LogP contribution is 2.40. The van der Waals surface area contributed by atoms with E-state index in [4.69, 9.17) is 0 Å². The Morgan fingerprint density at radius 2 is 2.29 bits per heavy atom. The number of carbonyl (C=O) groups is 1. The van der Waals surface area contributed by atoms with Gasteiger partial charge in [0.15, 0.2) is 5.13 Å². The van der Waals surface area contributed by atoms with Gasteiger partial charge in [0.25, 0.3) is 11.5 Å². The summed E-state index contributed by atoms with van der Waals surface area (Å²) in [5.74, 6) is 0.230. The molecule has 7 heteroatoms. The second-order valence-electron chi connectivity index (χ2n) is 5.09. The lowest BCUT2D eigenvalue weighted by atomic mass is 10.3. The third-order valence-electron chi connectivity index (χ3n) is 3.27. The van der Waals surface area contributed by atoms with E-state index in [1.807, 2.05) is 12.3 Å². The van der Waals surface area contributed by atoms with E-state index in [1.165, 1.54) is 41.0 Å². The normalized spacial score (nSPS) is 14.1. The molecule has 1 aliphatic carbocycles. The number of nitrogens with zero attached hydrogens (tertiary/aromatic N) is 3. The maximum atomic E-state index is 12.2. The lowest BCUT2D eigenvalue weighted by Gasteiger charge is -2.05. The molecule has 1 aliphatic rings. The lowest BCUT2D eigenvalue weighted by Crippen LogP contribution is -2.26. The van der Waals surface area contributed by atoms with Crippen LogP contribution in [0.2, 0.25) is 0 Å². The van der Waals surface area contributed by atoms with Crippen molar-refractivity contribution in [1.29, 1.82) is 0 Å². The molecule has 0 saturated heterocycles. The first-order valence-electron chi connectivity index (χ1n) is 7.02. The second kappa shape index (κ2) is 5.77. The van der Waals surface area contributed by atoms with E-state index >= 15 is 0 Å². The molecule has 1 saturated carbocycles. The van der Waals surface area contributed by atoms with Crippen LogP contribution in [0.1, 0.15) is 48.3 Å². The number of anilines is 1. The van der Waals surface area contributed by atoms with E-state index in [0.29, 0.717) is 17.6 Å². The zero-order valence-corrected chi connectivity index (χ0v) is 12.5. The number of aromatic nitrogens is 3. The van der Waals surface area contributed by atoms with E-state index in [-0.39, 0.29) is 17.2 Å². The number of thiazole rings is 1. The van der Waals surface area contributed by atoms with Crippen LogP contribution in [-0.4, -0.2) is 20.7 Å². The van der Waals surface area contributed by atoms with E-state index in [1.54, 1.807) is 0 Å². The van der Waals surface area contributed by atoms with Crippen LogP contribution < -0.4 is 10.9 Å². The van der Waals surface area contributed by atoms with Gasteiger partial charge in [-0.1, -0.05) is 6.92 Å². The van der Waals surface area contributed by atoms with Gasteiger partial charge in [0.05, 0.1) is 5.69 Å². The molecule has 0 unspecified atom stereocenters. The van der Waals surface area contributed by atoms with Crippen molar-refractivity contribution in [2.45, 2.75) is 38.6 Å². The molecule has 1 amide bonds. The number of rotatable bonds is 5. The maximum Gasteiger partial charge on any atom is 0.277 e. The minimum atomic E-state index is -0.337. The smallest absolute Gasteiger partial charge is 0.277 e. The first kappa shape index (κ1) is 13.9. The molecule has 2 aromatic heterocycles. The molecule has 110 valence electrons. The molecule has 3 rings (SSSR count). The highest BCUT2D eigenvalue weighted by Gasteiger charge is 2.26. The van der Waals surface area contributed by atoms with Crippen LogP contribution in [0, 0.1) is 0 Å². The Hall–Kier alpha value is -2.02. The quantitative estimate of drug-likeness (QED) is 0.919. The Morgan fingerprint density at radius 1 is 1.48 bits per heavy atom. The van der Waals surface area contributed by atoms with Gasteiger partial charge >= 0.3 is 0 Å². The van der Waals surface area contributed by atoms with Gasteiger partial charge in [-0.15, -0.1) is 11.3 Å². The average Bonchev–Trinajstić information content (AvgIpc) is 3.22. The van der Waals surface area contributed by atoms with Crippen LogP contribution in [0.5, 0.6) is 0 Å². The highest BCUT2D eigenvalue weighted by atomic mass is 32.1. The Kier molecular flexibility index (Phi) is 3.83. The largest absolute Gasteiger partial charge is 0.296 e. The molecule has 1 N–H and O–H groups in total. The molecule has 1 fully saturated rings. The van der Waals surface area contributed by atoms with Gasteiger partial charge in [0.1, 0.15) is 5.69 Å². The Morgan fingerprint density at radius 3 is 3.00 bits per heavy atom. The van der Waals surface area contributed by atoms with Gasteiger partial charge in [-0.25, -0.2) is 9.67 Å². The third kappa shape index (κ3) is 3.18. The van der Waals surface area contributed by atoms with Crippen LogP contribution in [0.3, 0.4) is 0 Å². The predicted octanol–water partition coefficient (Wildman–Crippen LogP) is 2.24. The monoisotopic (exact) mass is 304 g/mol. The van der Waals surface area contributed by atoms with Crippen molar-refractivity contribution in [3.05, 3.63) is 39.3 Å². The number of nitrogens with one attached hydrogen (secondary N) is 1. The number of hydrogen-bond acceptors (Lipinski definition) is 5. The molecule has 2 aromatic rings. The zero-order valence-electron chi connectivity index (χ0n) is 11.7. The van der Waals surface area contributed by atoms with Gasteiger partial charge in [-0.2, -0.15) is 5.10 Å². The van der Waals surface area contributed by atoms with E-state index in [9.17, 15) is 9.59 Å². The minimum absolute atomic E-state index is 0.196. The van der Waals surface area contributed by atoms with Gasteiger partial charge in [0, 0.05) is 23.9 Å². The van der Waals surface area contributed by atoms with Gasteiger partial charge in [0.2, 0.25) is 0 Å². The van der Waals surface area contributed by atoms with Crippen LogP contribution in [-0.2, 0) is 6.54 Å². The number of hydrogen-bond donors (Lipinski definition) is 1. The number of aryl methyl sites for hydroxylation is 1. The molecule has 0 aliphatic heterocycles. The topological polar surface area (TPSA) is 76.9 Å². The van der Waals surface area contributed by atoms with Gasteiger partial charge < -0.3 is 0 Å². The SMILES string of the molecule is CCCn1nc(C(=O)Nc2nc(C3CC3)cs2)ccc1=O. The predicted molar refractivity (Wildman–Crippen MR) is 80.8 cm³/mol. The molecule has 0 bridgehead atoms. The van der Waals surface area contributed by atoms with Crippen LogP contribution in [0.25, 0.3) is 0 Å². The molecule has 6 nitrogen and oxygen atoms in total. The lowest BCUT2D eigenvalue weighted by molar-refractivity contribution is 0.101. The fourth-order valence-electron chi connectivity index (χ4n) is 2.01. The van der Waals surface area contributed by atoms with E-state index in [2.05, 4.69) is 15.4 Å². The van der Waals surface area contributed by atoms with Crippen molar-refractivity contribution in [2.75, 3.05) is 5.32 Å². The molecule has 0 radical (unpaired) electrons. The summed E-state index contributed by atoms with van der Waals surface area (Å²) in [5, 5.41) is 9.39. The molecule has 0 aromatic carbocycles. The highest BCUT2D eigenvalue weighted by molar-refractivity contribution is 7.14. The number of amides is 1. The Balaban J connectivity index is 1.74. The molecule has 21 heavy (non-hydrogen) atoms. The van der Waals surface area contributed by atoms with Crippen LogP contribution >= 0.6 is 11.3 Å². The summed E-state index contributed by atoms with van der Waals surface area (Å²) >= 11 is 1.42. The second-order valence-corrected chi connectivity index (χ2v) is 5.94. The van der Waals surface area contributed by atoms with E-state index in [0.717, 1.165) is 12.1 Å². The Labute approximate surface area is 125 Å². The molecule has 0 spiro atoms. The summed E-state index contributed by atoms with van der Waals surface area (Å²) in [6.45, 7) is 2.46. The van der Waals surface area contributed by atoms with Crippen molar-refractivity contribution in [2.24, 2.45) is 0 Å². The molecule has 0 atom stereocenters. The summed E-state index contributed by atoms with van der Waals surface area (Å²) in [5.41, 5.74) is 1.09. The molecule has 2 heterocycles. The summed E-state index contributed by atoms with van der Waals surface area (Å²) in [6.07, 6.45) is 3.15. The summed E-state index contributed by atoms with van der Waals surface area (Å²) in [6, 6.07) is 2.81. The van der Waals surface area contributed by atoms with Crippen molar-refractivity contribution in [3.63, 3.8) is 0 Å². The number of carbonyl (C=O) groups excluding carboxylic acids is 1. The van der Waals surface area contributed by atoms with Crippen LogP contribution in [0.4, 0.5) is 5.13 Å². The summed E-state index contributed by atoms with van der Waals surface area (Å²) in [7, 11) is 0. The fourth-order valence-corrected chi connectivity index (χ4v) is 2.80. The zero-order chi connectivity index (χ0) is 14.8. The summed E-state index contributed by atoms with van der Waals surface area (Å²) < 4.78 is 1.31. The minimum Gasteiger partial charge on any atom is -0.296 e. The van der Waals surface area contributed by atoms with Crippen molar-refractivity contribution in [1.82, 2.24) is 14.8 Å². The summed E-state index contributed by atoms with van der Waals surface area (Å²) in [4.78, 5) is 28.1.